The number of benzene rings is 1. The summed E-state index contributed by atoms with van der Waals surface area (Å²) in [6.45, 7) is 5.57. The SMILES string of the molecule is CCCCN(CC)C(=O)c1cc(OC)c(Br)c(OC)c1. The van der Waals surface area contributed by atoms with Gasteiger partial charge in [0.25, 0.3) is 5.91 Å². The van der Waals surface area contributed by atoms with Crippen LogP contribution in [0.1, 0.15) is 37.0 Å². The van der Waals surface area contributed by atoms with Crippen LogP contribution < -0.4 is 9.47 Å². The van der Waals surface area contributed by atoms with Crippen molar-refractivity contribution in [2.45, 2.75) is 26.7 Å². The van der Waals surface area contributed by atoms with Gasteiger partial charge in [-0.1, -0.05) is 13.3 Å². The molecule has 0 aliphatic carbocycles. The maximum Gasteiger partial charge on any atom is 0.254 e. The quantitative estimate of drug-likeness (QED) is 0.757. The third-order valence-electron chi connectivity index (χ3n) is 3.14. The Bertz CT molecular complexity index is 437. The van der Waals surface area contributed by atoms with Crippen molar-refractivity contribution in [2.24, 2.45) is 0 Å². The minimum atomic E-state index is 0.00468. The molecule has 0 aromatic heterocycles. The second kappa shape index (κ2) is 8.15. The van der Waals surface area contributed by atoms with Crippen molar-refractivity contribution in [3.8, 4) is 11.5 Å². The van der Waals surface area contributed by atoms with Gasteiger partial charge in [0.05, 0.1) is 14.2 Å². The molecule has 20 heavy (non-hydrogen) atoms. The summed E-state index contributed by atoms with van der Waals surface area (Å²) in [6.07, 6.45) is 2.07. The van der Waals surface area contributed by atoms with E-state index in [1.54, 1.807) is 26.4 Å². The van der Waals surface area contributed by atoms with Gasteiger partial charge < -0.3 is 14.4 Å². The van der Waals surface area contributed by atoms with Crippen LogP contribution in [0.5, 0.6) is 11.5 Å². The minimum absolute atomic E-state index is 0.00468. The van der Waals surface area contributed by atoms with Gasteiger partial charge in [-0.05, 0) is 41.4 Å². The highest BCUT2D eigenvalue weighted by atomic mass is 79.9. The lowest BCUT2D eigenvalue weighted by Gasteiger charge is -2.21. The number of carbonyl (C=O) groups excluding carboxylic acids is 1. The number of rotatable bonds is 7. The topological polar surface area (TPSA) is 38.8 Å². The van der Waals surface area contributed by atoms with E-state index in [2.05, 4.69) is 22.9 Å². The highest BCUT2D eigenvalue weighted by Gasteiger charge is 2.18. The number of hydrogen-bond donors (Lipinski definition) is 0. The number of halogens is 1. The van der Waals surface area contributed by atoms with Crippen LogP contribution in [0.15, 0.2) is 16.6 Å². The molecule has 112 valence electrons. The van der Waals surface area contributed by atoms with Crippen molar-refractivity contribution < 1.29 is 14.3 Å². The van der Waals surface area contributed by atoms with Crippen molar-refractivity contribution in [1.29, 1.82) is 0 Å². The smallest absolute Gasteiger partial charge is 0.254 e. The van der Waals surface area contributed by atoms with Crippen molar-refractivity contribution >= 4 is 21.8 Å². The fourth-order valence-electron chi connectivity index (χ4n) is 1.93. The van der Waals surface area contributed by atoms with Gasteiger partial charge in [0.1, 0.15) is 16.0 Å². The molecule has 0 radical (unpaired) electrons. The van der Waals surface area contributed by atoms with E-state index in [0.717, 1.165) is 23.9 Å². The molecule has 5 heteroatoms. The van der Waals surface area contributed by atoms with Crippen LogP contribution in [0.2, 0.25) is 0 Å². The van der Waals surface area contributed by atoms with E-state index >= 15 is 0 Å². The number of methoxy groups -OCH3 is 2. The zero-order valence-electron chi connectivity index (χ0n) is 12.5. The Balaban J connectivity index is 3.08. The van der Waals surface area contributed by atoms with Gasteiger partial charge in [0, 0.05) is 18.7 Å². The maximum absolute atomic E-state index is 12.5. The number of ether oxygens (including phenoxy) is 2. The molecule has 0 heterocycles. The lowest BCUT2D eigenvalue weighted by atomic mass is 10.1. The van der Waals surface area contributed by atoms with E-state index < -0.39 is 0 Å². The molecule has 4 nitrogen and oxygen atoms in total. The summed E-state index contributed by atoms with van der Waals surface area (Å²) in [7, 11) is 3.14. The normalized spacial score (nSPS) is 10.2. The Morgan fingerprint density at radius 3 is 2.15 bits per heavy atom. The Morgan fingerprint density at radius 2 is 1.75 bits per heavy atom. The lowest BCUT2D eigenvalue weighted by molar-refractivity contribution is 0.0761. The Kier molecular flexibility index (Phi) is 6.85. The van der Waals surface area contributed by atoms with Crippen LogP contribution in [-0.2, 0) is 0 Å². The zero-order valence-corrected chi connectivity index (χ0v) is 14.1. The number of amides is 1. The van der Waals surface area contributed by atoms with Gasteiger partial charge >= 0.3 is 0 Å². The van der Waals surface area contributed by atoms with Crippen LogP contribution in [0.25, 0.3) is 0 Å². The van der Waals surface area contributed by atoms with Gasteiger partial charge in [-0.15, -0.1) is 0 Å². The lowest BCUT2D eigenvalue weighted by Crippen LogP contribution is -2.31. The average Bonchev–Trinajstić information content (AvgIpc) is 2.48. The third-order valence-corrected chi connectivity index (χ3v) is 3.92. The standard InChI is InChI=1S/C15H22BrNO3/c1-5-7-8-17(6-2)15(18)11-9-12(19-3)14(16)13(10-11)20-4/h9-10H,5-8H2,1-4H3. The first-order valence-electron chi connectivity index (χ1n) is 6.79. The van der Waals surface area contributed by atoms with E-state index in [9.17, 15) is 4.79 Å². The molecule has 0 atom stereocenters. The molecule has 0 saturated carbocycles. The van der Waals surface area contributed by atoms with Gasteiger partial charge in [-0.3, -0.25) is 4.79 Å². The summed E-state index contributed by atoms with van der Waals surface area (Å²) in [4.78, 5) is 14.4. The molecule has 0 bridgehead atoms. The molecule has 0 N–H and O–H groups in total. The van der Waals surface area contributed by atoms with Crippen LogP contribution in [-0.4, -0.2) is 38.1 Å². The molecule has 1 amide bonds. The largest absolute Gasteiger partial charge is 0.495 e. The monoisotopic (exact) mass is 343 g/mol. The molecule has 0 saturated heterocycles. The summed E-state index contributed by atoms with van der Waals surface area (Å²) >= 11 is 3.41. The van der Waals surface area contributed by atoms with E-state index in [4.69, 9.17) is 9.47 Å². The molecule has 0 spiro atoms. The van der Waals surface area contributed by atoms with E-state index in [0.29, 0.717) is 23.6 Å². The highest BCUT2D eigenvalue weighted by Crippen LogP contribution is 2.35. The van der Waals surface area contributed by atoms with Crippen molar-refractivity contribution in [3.05, 3.63) is 22.2 Å². The summed E-state index contributed by atoms with van der Waals surface area (Å²) in [5, 5.41) is 0. The van der Waals surface area contributed by atoms with E-state index in [1.165, 1.54) is 0 Å². The number of nitrogens with zero attached hydrogens (tertiary/aromatic N) is 1. The van der Waals surface area contributed by atoms with Crippen LogP contribution in [0.4, 0.5) is 0 Å². The summed E-state index contributed by atoms with van der Waals surface area (Å²) in [5.41, 5.74) is 0.583. The molecule has 1 rings (SSSR count). The first kappa shape index (κ1) is 16.8. The minimum Gasteiger partial charge on any atom is -0.495 e. The van der Waals surface area contributed by atoms with Crippen molar-refractivity contribution in [1.82, 2.24) is 4.90 Å². The molecule has 0 unspecified atom stereocenters. The Hall–Kier alpha value is -1.23. The number of carbonyl (C=O) groups is 1. The van der Waals surface area contributed by atoms with Crippen LogP contribution >= 0.6 is 15.9 Å². The van der Waals surface area contributed by atoms with Crippen LogP contribution in [0, 0.1) is 0 Å². The van der Waals surface area contributed by atoms with Gasteiger partial charge in [-0.2, -0.15) is 0 Å². The first-order valence-corrected chi connectivity index (χ1v) is 7.59. The fourth-order valence-corrected chi connectivity index (χ4v) is 2.48. The molecule has 0 fully saturated rings. The second-order valence-electron chi connectivity index (χ2n) is 4.43. The van der Waals surface area contributed by atoms with Gasteiger partial charge in [-0.25, -0.2) is 0 Å². The van der Waals surface area contributed by atoms with Gasteiger partial charge in [0.15, 0.2) is 0 Å². The first-order chi connectivity index (χ1) is 9.58. The van der Waals surface area contributed by atoms with Crippen molar-refractivity contribution in [3.63, 3.8) is 0 Å². The van der Waals surface area contributed by atoms with Gasteiger partial charge in [0.2, 0.25) is 0 Å². The number of hydrogen-bond acceptors (Lipinski definition) is 3. The predicted molar refractivity (Wildman–Crippen MR) is 83.7 cm³/mol. The predicted octanol–water partition coefficient (Wildman–Crippen LogP) is 3.73. The second-order valence-corrected chi connectivity index (χ2v) is 5.23. The molecular formula is C15H22BrNO3. The molecule has 1 aromatic carbocycles. The van der Waals surface area contributed by atoms with Crippen LogP contribution in [0.3, 0.4) is 0 Å². The van der Waals surface area contributed by atoms with E-state index in [1.807, 2.05) is 11.8 Å². The molecule has 0 aliphatic heterocycles. The fraction of sp³-hybridized carbons (Fsp3) is 0.533. The third kappa shape index (κ3) is 3.88. The Labute approximate surface area is 129 Å². The van der Waals surface area contributed by atoms with E-state index in [-0.39, 0.29) is 5.91 Å². The Morgan fingerprint density at radius 1 is 1.20 bits per heavy atom. The summed E-state index contributed by atoms with van der Waals surface area (Å²) < 4.78 is 11.3. The maximum atomic E-state index is 12.5. The summed E-state index contributed by atoms with van der Waals surface area (Å²) in [5.74, 6) is 1.20. The summed E-state index contributed by atoms with van der Waals surface area (Å²) in [6, 6.07) is 3.48. The molecule has 0 aliphatic rings. The zero-order chi connectivity index (χ0) is 15.1. The molecular weight excluding hydrogens is 322 g/mol. The average molecular weight is 344 g/mol. The molecule has 1 aromatic rings. The highest BCUT2D eigenvalue weighted by molar-refractivity contribution is 9.10. The number of unbranched alkanes of at least 4 members (excludes halogenated alkanes) is 1. The van der Waals surface area contributed by atoms with Crippen molar-refractivity contribution in [2.75, 3.05) is 27.3 Å².